The van der Waals surface area contributed by atoms with Crippen molar-refractivity contribution < 1.29 is 5.11 Å². The first-order valence-electron chi connectivity index (χ1n) is 5.54. The van der Waals surface area contributed by atoms with E-state index in [1.165, 1.54) is 32.1 Å². The predicted octanol–water partition coefficient (Wildman–Crippen LogP) is 2.19. The summed E-state index contributed by atoms with van der Waals surface area (Å²) in [4.78, 5) is 0. The van der Waals surface area contributed by atoms with Crippen LogP contribution in [0.2, 0.25) is 0 Å². The number of aliphatic hydroxyl groups is 1. The molecule has 0 spiro atoms. The van der Waals surface area contributed by atoms with Crippen molar-refractivity contribution in [2.45, 2.75) is 44.6 Å². The molecule has 0 heterocycles. The van der Waals surface area contributed by atoms with E-state index in [1.807, 2.05) is 0 Å². The zero-order valence-corrected chi connectivity index (χ0v) is 7.58. The first-order chi connectivity index (χ1) is 5.86. The highest BCUT2D eigenvalue weighted by atomic mass is 16.3. The smallest absolute Gasteiger partial charge is 0.0571 e. The fourth-order valence-electron chi connectivity index (χ4n) is 4.21. The Morgan fingerprint density at radius 3 is 2.58 bits per heavy atom. The van der Waals surface area contributed by atoms with Gasteiger partial charge in [-0.15, -0.1) is 0 Å². The predicted molar refractivity (Wildman–Crippen MR) is 47.7 cm³/mol. The lowest BCUT2D eigenvalue weighted by Crippen LogP contribution is -2.26. The van der Waals surface area contributed by atoms with Crippen LogP contribution in [0.25, 0.3) is 0 Å². The van der Waals surface area contributed by atoms with E-state index in [9.17, 15) is 5.11 Å². The van der Waals surface area contributed by atoms with Crippen molar-refractivity contribution in [1.29, 1.82) is 0 Å². The minimum absolute atomic E-state index is 0.0642. The molecule has 1 heteroatoms. The van der Waals surface area contributed by atoms with Crippen LogP contribution in [0, 0.1) is 23.7 Å². The summed E-state index contributed by atoms with van der Waals surface area (Å²) in [5.41, 5.74) is 0. The van der Waals surface area contributed by atoms with E-state index >= 15 is 0 Å². The Kier molecular flexibility index (Phi) is 1.52. The molecule has 3 aliphatic carbocycles. The SMILES string of the molecule is OC1CCC2CC1C1CCCC21. The second-order valence-corrected chi connectivity index (χ2v) is 5.06. The quantitative estimate of drug-likeness (QED) is 0.585. The number of aliphatic hydroxyl groups excluding tert-OH is 1. The van der Waals surface area contributed by atoms with Gasteiger partial charge in [0.2, 0.25) is 0 Å². The van der Waals surface area contributed by atoms with E-state index in [4.69, 9.17) is 0 Å². The van der Waals surface area contributed by atoms with E-state index < -0.39 is 0 Å². The number of rotatable bonds is 0. The molecule has 0 aromatic carbocycles. The van der Waals surface area contributed by atoms with Gasteiger partial charge in [0.25, 0.3) is 0 Å². The lowest BCUT2D eigenvalue weighted by Gasteiger charge is -2.26. The van der Waals surface area contributed by atoms with E-state index in [-0.39, 0.29) is 6.10 Å². The highest BCUT2D eigenvalue weighted by Crippen LogP contribution is 2.56. The average molecular weight is 166 g/mol. The van der Waals surface area contributed by atoms with Gasteiger partial charge >= 0.3 is 0 Å². The Bertz CT molecular complexity index is 189. The van der Waals surface area contributed by atoms with Crippen LogP contribution in [0.3, 0.4) is 0 Å². The third-order valence-electron chi connectivity index (χ3n) is 4.68. The lowest BCUT2D eigenvalue weighted by molar-refractivity contribution is 0.0592. The van der Waals surface area contributed by atoms with E-state index in [0.717, 1.165) is 24.2 Å². The van der Waals surface area contributed by atoms with Crippen molar-refractivity contribution in [1.82, 2.24) is 0 Å². The zero-order valence-electron chi connectivity index (χ0n) is 7.58. The van der Waals surface area contributed by atoms with Crippen molar-refractivity contribution in [3.8, 4) is 0 Å². The van der Waals surface area contributed by atoms with Gasteiger partial charge in [-0.05, 0) is 55.8 Å². The van der Waals surface area contributed by atoms with Crippen molar-refractivity contribution >= 4 is 0 Å². The molecule has 2 bridgehead atoms. The second-order valence-electron chi connectivity index (χ2n) is 5.06. The molecule has 1 nitrogen and oxygen atoms in total. The molecule has 0 radical (unpaired) electrons. The molecule has 3 saturated carbocycles. The summed E-state index contributed by atoms with van der Waals surface area (Å²) in [7, 11) is 0. The number of hydrogen-bond acceptors (Lipinski definition) is 1. The largest absolute Gasteiger partial charge is 0.393 e. The van der Waals surface area contributed by atoms with Gasteiger partial charge in [-0.25, -0.2) is 0 Å². The van der Waals surface area contributed by atoms with Gasteiger partial charge in [0.05, 0.1) is 6.10 Å². The second kappa shape index (κ2) is 2.47. The summed E-state index contributed by atoms with van der Waals surface area (Å²) < 4.78 is 0. The van der Waals surface area contributed by atoms with Crippen LogP contribution in [-0.2, 0) is 0 Å². The van der Waals surface area contributed by atoms with E-state index in [0.29, 0.717) is 5.92 Å². The molecule has 0 aliphatic heterocycles. The highest BCUT2D eigenvalue weighted by Gasteiger charge is 2.50. The van der Waals surface area contributed by atoms with Gasteiger partial charge < -0.3 is 5.11 Å². The van der Waals surface area contributed by atoms with E-state index in [1.54, 1.807) is 0 Å². The van der Waals surface area contributed by atoms with E-state index in [2.05, 4.69) is 0 Å². The van der Waals surface area contributed by atoms with Gasteiger partial charge in [-0.1, -0.05) is 6.42 Å². The summed E-state index contributed by atoms with van der Waals surface area (Å²) in [6.45, 7) is 0. The molecule has 0 aromatic heterocycles. The summed E-state index contributed by atoms with van der Waals surface area (Å²) >= 11 is 0. The molecule has 5 unspecified atom stereocenters. The molecule has 12 heavy (non-hydrogen) atoms. The van der Waals surface area contributed by atoms with Crippen molar-refractivity contribution in [3.63, 3.8) is 0 Å². The standard InChI is InChI=1S/C11H18O/c12-11-5-4-7-6-10(11)9-3-1-2-8(7)9/h7-12H,1-6H2. The molecular formula is C11H18O. The van der Waals surface area contributed by atoms with Crippen LogP contribution in [0.15, 0.2) is 0 Å². The van der Waals surface area contributed by atoms with Crippen LogP contribution in [0.4, 0.5) is 0 Å². The number of fused-ring (bicyclic) bond motifs is 5. The lowest BCUT2D eigenvalue weighted by atomic mass is 9.83. The maximum Gasteiger partial charge on any atom is 0.0571 e. The van der Waals surface area contributed by atoms with Crippen molar-refractivity contribution in [2.75, 3.05) is 0 Å². The molecule has 1 N–H and O–H groups in total. The minimum Gasteiger partial charge on any atom is -0.393 e. The fraction of sp³-hybridized carbons (Fsp3) is 1.00. The molecule has 3 rings (SSSR count). The third kappa shape index (κ3) is 0.834. The summed E-state index contributed by atoms with van der Waals surface area (Å²) in [5, 5.41) is 9.84. The topological polar surface area (TPSA) is 20.2 Å². The van der Waals surface area contributed by atoms with Gasteiger partial charge in [0, 0.05) is 0 Å². The molecule has 3 fully saturated rings. The maximum atomic E-state index is 9.84. The van der Waals surface area contributed by atoms with Crippen LogP contribution in [0.5, 0.6) is 0 Å². The zero-order chi connectivity index (χ0) is 8.13. The fourth-order valence-corrected chi connectivity index (χ4v) is 4.21. The Morgan fingerprint density at radius 2 is 1.67 bits per heavy atom. The monoisotopic (exact) mass is 166 g/mol. The minimum atomic E-state index is 0.0642. The van der Waals surface area contributed by atoms with Gasteiger partial charge in [-0.3, -0.25) is 0 Å². The van der Waals surface area contributed by atoms with Crippen LogP contribution >= 0.6 is 0 Å². The molecular weight excluding hydrogens is 148 g/mol. The first-order valence-corrected chi connectivity index (χ1v) is 5.54. The Morgan fingerprint density at radius 1 is 0.833 bits per heavy atom. The van der Waals surface area contributed by atoms with Crippen LogP contribution in [-0.4, -0.2) is 11.2 Å². The van der Waals surface area contributed by atoms with Gasteiger partial charge in [-0.2, -0.15) is 0 Å². The summed E-state index contributed by atoms with van der Waals surface area (Å²) in [6.07, 6.45) is 8.17. The summed E-state index contributed by atoms with van der Waals surface area (Å²) in [5.74, 6) is 3.65. The Hall–Kier alpha value is -0.0400. The van der Waals surface area contributed by atoms with Crippen LogP contribution < -0.4 is 0 Å². The van der Waals surface area contributed by atoms with Crippen molar-refractivity contribution in [3.05, 3.63) is 0 Å². The summed E-state index contributed by atoms with van der Waals surface area (Å²) in [6, 6.07) is 0. The molecule has 0 saturated heterocycles. The van der Waals surface area contributed by atoms with Crippen molar-refractivity contribution in [2.24, 2.45) is 23.7 Å². The highest BCUT2D eigenvalue weighted by molar-refractivity contribution is 4.99. The molecule has 0 amide bonds. The normalized spacial score (nSPS) is 57.2. The molecule has 5 atom stereocenters. The molecule has 3 aliphatic rings. The Labute approximate surface area is 74.2 Å². The average Bonchev–Trinajstić information content (AvgIpc) is 2.59. The Balaban J connectivity index is 1.88. The maximum absolute atomic E-state index is 9.84. The van der Waals surface area contributed by atoms with Gasteiger partial charge in [0.15, 0.2) is 0 Å². The molecule has 0 aromatic rings. The third-order valence-corrected chi connectivity index (χ3v) is 4.68. The van der Waals surface area contributed by atoms with Gasteiger partial charge in [0.1, 0.15) is 0 Å². The molecule has 68 valence electrons. The first kappa shape index (κ1) is 7.37. The number of hydrogen-bond donors (Lipinski definition) is 1. The van der Waals surface area contributed by atoms with Crippen LogP contribution in [0.1, 0.15) is 38.5 Å².